The molecule has 194 valence electrons. The smallest absolute Gasteiger partial charge is 0.256 e. The SMILES string of the molecule is CCN(CC)S(=O)(=O)c1scc(Nc2nc3c(nc2N[C@@H](c2cc(C)co2)C(C)(C)C)=NCN=3)c1O. The van der Waals surface area contributed by atoms with Gasteiger partial charge in [-0.1, -0.05) is 34.6 Å². The van der Waals surface area contributed by atoms with Gasteiger partial charge in [0.15, 0.2) is 32.6 Å². The number of nitrogens with zero attached hydrogens (tertiary/aromatic N) is 5. The number of hydrogen-bond acceptors (Lipinski definition) is 11. The molecule has 0 spiro atoms. The Morgan fingerprint density at radius 2 is 1.81 bits per heavy atom. The van der Waals surface area contributed by atoms with Gasteiger partial charge in [-0.25, -0.2) is 28.4 Å². The minimum Gasteiger partial charge on any atom is -0.504 e. The third kappa shape index (κ3) is 4.95. The van der Waals surface area contributed by atoms with Gasteiger partial charge < -0.3 is 20.2 Å². The summed E-state index contributed by atoms with van der Waals surface area (Å²) in [6.45, 7) is 12.5. The highest BCUT2D eigenvalue weighted by atomic mass is 32.2. The molecule has 0 bridgehead atoms. The maximum Gasteiger partial charge on any atom is 0.256 e. The van der Waals surface area contributed by atoms with E-state index in [9.17, 15) is 13.5 Å². The number of furan rings is 1. The van der Waals surface area contributed by atoms with Crippen molar-refractivity contribution < 1.29 is 17.9 Å². The quantitative estimate of drug-likeness (QED) is 0.380. The van der Waals surface area contributed by atoms with Crippen molar-refractivity contribution in [3.05, 3.63) is 40.0 Å². The Hall–Kier alpha value is -3.03. The Kier molecular flexibility index (Phi) is 7.08. The predicted molar refractivity (Wildman–Crippen MR) is 138 cm³/mol. The minimum absolute atomic E-state index is 0.129. The fourth-order valence-corrected chi connectivity index (χ4v) is 6.69. The van der Waals surface area contributed by atoms with Gasteiger partial charge in [0, 0.05) is 18.5 Å². The number of aryl methyl sites for hydroxylation is 1. The monoisotopic (exact) mass is 533 g/mol. The van der Waals surface area contributed by atoms with Crippen molar-refractivity contribution >= 4 is 38.7 Å². The molecule has 0 aromatic carbocycles. The fourth-order valence-electron chi connectivity index (χ4n) is 3.86. The van der Waals surface area contributed by atoms with Gasteiger partial charge in [0.2, 0.25) is 0 Å². The van der Waals surface area contributed by atoms with Crippen LogP contribution in [0.15, 0.2) is 36.3 Å². The van der Waals surface area contributed by atoms with E-state index in [0.717, 1.165) is 22.7 Å². The van der Waals surface area contributed by atoms with Crippen molar-refractivity contribution in [2.75, 3.05) is 30.4 Å². The first-order valence-electron chi connectivity index (χ1n) is 11.6. The topological polar surface area (TPSA) is 145 Å². The summed E-state index contributed by atoms with van der Waals surface area (Å²) in [5.41, 5.74) is 1.72. The van der Waals surface area contributed by atoms with Crippen molar-refractivity contribution in [3.63, 3.8) is 0 Å². The molecule has 11 nitrogen and oxygen atoms in total. The first-order chi connectivity index (χ1) is 17.0. The molecule has 3 N–H and O–H groups in total. The molecule has 0 aliphatic carbocycles. The van der Waals surface area contributed by atoms with Gasteiger partial charge in [-0.2, -0.15) is 4.31 Å². The van der Waals surface area contributed by atoms with Gasteiger partial charge >= 0.3 is 0 Å². The van der Waals surface area contributed by atoms with E-state index in [1.54, 1.807) is 25.5 Å². The summed E-state index contributed by atoms with van der Waals surface area (Å²) in [6.07, 6.45) is 1.69. The van der Waals surface area contributed by atoms with E-state index in [4.69, 9.17) is 4.42 Å². The Morgan fingerprint density at radius 3 is 2.36 bits per heavy atom. The second-order valence-electron chi connectivity index (χ2n) is 9.50. The molecule has 3 aromatic rings. The zero-order valence-corrected chi connectivity index (χ0v) is 22.8. The molecule has 4 heterocycles. The van der Waals surface area contributed by atoms with Gasteiger partial charge in [0.05, 0.1) is 18.0 Å². The Balaban J connectivity index is 1.75. The third-order valence-corrected chi connectivity index (χ3v) is 9.29. The zero-order valence-electron chi connectivity index (χ0n) is 21.2. The Bertz CT molecular complexity index is 1490. The van der Waals surface area contributed by atoms with Crippen molar-refractivity contribution in [1.82, 2.24) is 14.3 Å². The summed E-state index contributed by atoms with van der Waals surface area (Å²) in [6, 6.07) is 1.69. The van der Waals surface area contributed by atoms with Gasteiger partial charge in [-0.05, 0) is 24.0 Å². The van der Waals surface area contributed by atoms with Crippen LogP contribution >= 0.6 is 11.3 Å². The highest BCUT2D eigenvalue weighted by Crippen LogP contribution is 2.42. The van der Waals surface area contributed by atoms with Gasteiger partial charge in [0.1, 0.15) is 12.4 Å². The number of nitrogens with one attached hydrogen (secondary N) is 2. The van der Waals surface area contributed by atoms with Crippen LogP contribution in [-0.2, 0) is 10.0 Å². The normalized spacial score (nSPS) is 14.3. The second-order valence-corrected chi connectivity index (χ2v) is 12.5. The molecule has 0 saturated carbocycles. The van der Waals surface area contributed by atoms with E-state index in [-0.39, 0.29) is 39.6 Å². The lowest BCUT2D eigenvalue weighted by molar-refractivity contribution is 0.303. The molecule has 0 fully saturated rings. The van der Waals surface area contributed by atoms with E-state index in [2.05, 4.69) is 51.4 Å². The van der Waals surface area contributed by atoms with Crippen LogP contribution < -0.4 is 21.6 Å². The number of rotatable bonds is 9. The highest BCUT2D eigenvalue weighted by molar-refractivity contribution is 7.91. The van der Waals surface area contributed by atoms with Crippen LogP contribution in [0.3, 0.4) is 0 Å². The summed E-state index contributed by atoms with van der Waals surface area (Å²) in [5, 5.41) is 18.9. The van der Waals surface area contributed by atoms with Crippen LogP contribution in [0, 0.1) is 12.3 Å². The van der Waals surface area contributed by atoms with Crippen LogP contribution in [-0.4, -0.2) is 47.6 Å². The molecule has 1 aliphatic rings. The third-order valence-electron chi connectivity index (χ3n) is 5.75. The van der Waals surface area contributed by atoms with Gasteiger partial charge in [-0.15, -0.1) is 11.3 Å². The summed E-state index contributed by atoms with van der Waals surface area (Å²) >= 11 is 0.943. The Morgan fingerprint density at radius 1 is 1.17 bits per heavy atom. The molecular weight excluding hydrogens is 502 g/mol. The number of aromatic nitrogens is 2. The number of sulfonamides is 1. The van der Waals surface area contributed by atoms with Gasteiger partial charge in [-0.3, -0.25) is 0 Å². The van der Waals surface area contributed by atoms with Crippen LogP contribution in [0.1, 0.15) is 52.0 Å². The van der Waals surface area contributed by atoms with E-state index < -0.39 is 10.0 Å². The minimum atomic E-state index is -3.83. The van der Waals surface area contributed by atoms with Crippen molar-refractivity contribution in [3.8, 4) is 5.75 Å². The lowest BCUT2D eigenvalue weighted by Crippen LogP contribution is -2.33. The van der Waals surface area contributed by atoms with Crippen molar-refractivity contribution in [2.24, 2.45) is 15.4 Å². The average Bonchev–Trinajstić information content (AvgIpc) is 3.52. The number of anilines is 3. The van der Waals surface area contributed by atoms with E-state index in [1.165, 1.54) is 4.31 Å². The maximum atomic E-state index is 13.0. The largest absolute Gasteiger partial charge is 0.504 e. The summed E-state index contributed by atoms with van der Waals surface area (Å²) < 4.78 is 32.9. The molecule has 1 aliphatic heterocycles. The van der Waals surface area contributed by atoms with Crippen LogP contribution in [0.25, 0.3) is 0 Å². The lowest BCUT2D eigenvalue weighted by Gasteiger charge is -2.30. The van der Waals surface area contributed by atoms with E-state index in [0.29, 0.717) is 29.9 Å². The van der Waals surface area contributed by atoms with Crippen molar-refractivity contribution in [1.29, 1.82) is 0 Å². The number of thiophene rings is 1. The Labute approximate surface area is 214 Å². The first-order valence-corrected chi connectivity index (χ1v) is 13.9. The lowest BCUT2D eigenvalue weighted by atomic mass is 9.85. The molecule has 0 amide bonds. The van der Waals surface area contributed by atoms with Crippen LogP contribution in [0.5, 0.6) is 5.75 Å². The molecular formula is C23H31N7O4S2. The van der Waals surface area contributed by atoms with Crippen molar-refractivity contribution in [2.45, 2.75) is 51.8 Å². The summed E-state index contributed by atoms with van der Waals surface area (Å²) in [4.78, 5) is 17.7. The molecule has 0 unspecified atom stereocenters. The fraction of sp³-hybridized carbons (Fsp3) is 0.478. The average molecular weight is 534 g/mol. The second kappa shape index (κ2) is 9.79. The predicted octanol–water partition coefficient (Wildman–Crippen LogP) is 3.33. The summed E-state index contributed by atoms with van der Waals surface area (Å²) in [5.74, 6) is 1.03. The molecule has 4 rings (SSSR count). The summed E-state index contributed by atoms with van der Waals surface area (Å²) in [7, 11) is -3.83. The first kappa shape index (κ1) is 26.0. The number of hydrogen-bond donors (Lipinski definition) is 3. The molecule has 36 heavy (non-hydrogen) atoms. The number of aromatic hydroxyl groups is 1. The molecule has 1 atom stereocenters. The van der Waals surface area contributed by atoms with Crippen LogP contribution in [0.4, 0.5) is 17.3 Å². The molecule has 13 heteroatoms. The molecule has 0 saturated heterocycles. The van der Waals surface area contributed by atoms with E-state index >= 15 is 0 Å². The maximum absolute atomic E-state index is 13.0. The number of fused-ring (bicyclic) bond motifs is 1. The highest BCUT2D eigenvalue weighted by Gasteiger charge is 2.32. The van der Waals surface area contributed by atoms with Crippen LogP contribution in [0.2, 0.25) is 0 Å². The standard InChI is InChI=1S/C23H31N7O4S2/c1-7-30(8-2)36(32,33)22-16(31)14(11-35-22)26-20-21(29-19-18(28-20)24-12-25-19)27-17(23(4,5)6)15-9-13(3)10-34-15/h9-11,17,31H,7-8,12H2,1-6H3,(H,24,26,28)(H,25,27,29)/t17-/m0/s1. The zero-order chi connectivity index (χ0) is 26.3. The van der Waals surface area contributed by atoms with Gasteiger partial charge in [0.25, 0.3) is 10.0 Å². The molecule has 3 aromatic heterocycles. The van der Waals surface area contributed by atoms with E-state index in [1.807, 2.05) is 13.0 Å². The molecule has 0 radical (unpaired) electrons.